The van der Waals surface area contributed by atoms with E-state index < -0.39 is 0 Å². The summed E-state index contributed by atoms with van der Waals surface area (Å²) < 4.78 is 14.3. The normalized spacial score (nSPS) is 32.6. The van der Waals surface area contributed by atoms with Crippen LogP contribution in [0.5, 0.6) is 5.75 Å². The van der Waals surface area contributed by atoms with E-state index >= 15 is 0 Å². The number of nitrogens with zero attached hydrogens (tertiary/aromatic N) is 3. The van der Waals surface area contributed by atoms with Gasteiger partial charge in [-0.3, -0.25) is 14.3 Å². The first-order valence-corrected chi connectivity index (χ1v) is 13.5. The van der Waals surface area contributed by atoms with Crippen LogP contribution in [0.4, 0.5) is 0 Å². The van der Waals surface area contributed by atoms with Gasteiger partial charge < -0.3 is 9.47 Å². The predicted molar refractivity (Wildman–Crippen MR) is 133 cm³/mol. The Bertz CT molecular complexity index is 1270. The van der Waals surface area contributed by atoms with Gasteiger partial charge in [-0.1, -0.05) is 0 Å². The van der Waals surface area contributed by atoms with E-state index in [4.69, 9.17) is 9.47 Å². The zero-order valence-electron chi connectivity index (χ0n) is 19.6. The third-order valence-corrected chi connectivity index (χ3v) is 10.1. The molecular weight excluding hydrogens is 446 g/mol. The highest BCUT2D eigenvalue weighted by molar-refractivity contribution is 7.18. The molecule has 34 heavy (non-hydrogen) atoms. The number of likely N-dealkylation sites (N-methyl/N-ethyl adjacent to an activating group) is 1. The molecule has 4 heterocycles. The third kappa shape index (κ3) is 3.28. The molecule has 178 valence electrons. The van der Waals surface area contributed by atoms with Crippen molar-refractivity contribution in [2.45, 2.75) is 62.6 Å². The molecule has 2 saturated heterocycles. The van der Waals surface area contributed by atoms with Crippen LogP contribution in [0.25, 0.3) is 15.9 Å². The summed E-state index contributed by atoms with van der Waals surface area (Å²) in [6.45, 7) is 1.69. The van der Waals surface area contributed by atoms with Gasteiger partial charge in [0.15, 0.2) is 0 Å². The maximum absolute atomic E-state index is 13.3. The fraction of sp³-hybridized carbons (Fsp3) is 0.556. The van der Waals surface area contributed by atoms with Gasteiger partial charge in [0.1, 0.15) is 22.9 Å². The highest BCUT2D eigenvalue weighted by Gasteiger charge is 2.71. The van der Waals surface area contributed by atoms with Gasteiger partial charge in [-0.2, -0.15) is 0 Å². The largest absolute Gasteiger partial charge is 0.490 e. The first-order chi connectivity index (χ1) is 16.6. The van der Waals surface area contributed by atoms with Crippen LogP contribution in [0, 0.1) is 11.8 Å². The van der Waals surface area contributed by atoms with E-state index in [1.807, 2.05) is 24.3 Å². The molecule has 2 saturated carbocycles. The minimum atomic E-state index is 0.00673. The van der Waals surface area contributed by atoms with Gasteiger partial charge >= 0.3 is 0 Å². The smallest absolute Gasteiger partial charge is 0.275 e. The maximum atomic E-state index is 13.3. The van der Waals surface area contributed by atoms with E-state index in [0.717, 1.165) is 72.9 Å². The highest BCUT2D eigenvalue weighted by atomic mass is 32.1. The number of thiophene rings is 1. The van der Waals surface area contributed by atoms with E-state index in [1.165, 1.54) is 17.7 Å². The van der Waals surface area contributed by atoms with Crippen molar-refractivity contribution in [2.24, 2.45) is 11.8 Å². The van der Waals surface area contributed by atoms with Crippen molar-refractivity contribution in [3.63, 3.8) is 0 Å². The number of fused-ring (bicyclic) bond motifs is 1. The Morgan fingerprint density at radius 3 is 2.74 bits per heavy atom. The van der Waals surface area contributed by atoms with Crippen LogP contribution in [0.3, 0.4) is 0 Å². The van der Waals surface area contributed by atoms with Crippen LogP contribution in [0.15, 0.2) is 41.5 Å². The van der Waals surface area contributed by atoms with Gasteiger partial charge in [-0.05, 0) is 87.7 Å². The fourth-order valence-corrected chi connectivity index (χ4v) is 8.07. The van der Waals surface area contributed by atoms with E-state index in [1.54, 1.807) is 22.2 Å². The van der Waals surface area contributed by atoms with Crippen LogP contribution < -0.4 is 10.3 Å². The molecular formula is C27H31N3O3S. The summed E-state index contributed by atoms with van der Waals surface area (Å²) in [6, 6.07) is 10.7. The van der Waals surface area contributed by atoms with E-state index in [-0.39, 0.29) is 5.56 Å². The molecule has 0 amide bonds. The molecule has 1 aromatic carbocycles. The SMILES string of the molecule is CN1[C@@H]2C[C@@H](Oc3ccc(-n4cnc5cc(CC6CCOCC6)sc5c4=O)cc3)C[C@H]3CCC321. The van der Waals surface area contributed by atoms with E-state index in [0.29, 0.717) is 23.6 Å². The van der Waals surface area contributed by atoms with Gasteiger partial charge in [0.05, 0.1) is 11.2 Å². The lowest BCUT2D eigenvalue weighted by molar-refractivity contribution is 0.0654. The Labute approximate surface area is 203 Å². The predicted octanol–water partition coefficient (Wildman–Crippen LogP) is 4.42. The van der Waals surface area contributed by atoms with Crippen molar-refractivity contribution in [1.29, 1.82) is 0 Å². The van der Waals surface area contributed by atoms with Crippen molar-refractivity contribution in [3.05, 3.63) is 51.9 Å². The number of hydrogen-bond donors (Lipinski definition) is 0. The number of likely N-dealkylation sites (tertiary alicyclic amines) is 1. The summed E-state index contributed by atoms with van der Waals surface area (Å²) in [5.74, 6) is 2.33. The molecule has 2 aliphatic heterocycles. The Kier molecular flexibility index (Phi) is 4.90. The van der Waals surface area contributed by atoms with Gasteiger partial charge in [0.25, 0.3) is 5.56 Å². The average Bonchev–Trinajstić information content (AvgIpc) is 3.24. The summed E-state index contributed by atoms with van der Waals surface area (Å²) in [5, 5.41) is 0. The van der Waals surface area contributed by atoms with Crippen molar-refractivity contribution < 1.29 is 9.47 Å². The summed E-state index contributed by atoms with van der Waals surface area (Å²) >= 11 is 1.60. The lowest BCUT2D eigenvalue weighted by atomic mass is 9.64. The zero-order chi connectivity index (χ0) is 22.9. The molecule has 0 bridgehead atoms. The highest BCUT2D eigenvalue weighted by Crippen LogP contribution is 2.63. The number of ether oxygens (including phenoxy) is 2. The van der Waals surface area contributed by atoms with Crippen LogP contribution in [-0.2, 0) is 11.2 Å². The van der Waals surface area contributed by atoms with Crippen molar-refractivity contribution in [2.75, 3.05) is 20.3 Å². The lowest BCUT2D eigenvalue weighted by Gasteiger charge is -2.43. The summed E-state index contributed by atoms with van der Waals surface area (Å²) in [5.41, 5.74) is 2.17. The second-order valence-electron chi connectivity index (χ2n) is 10.7. The Morgan fingerprint density at radius 2 is 2.00 bits per heavy atom. The molecule has 2 aliphatic carbocycles. The first kappa shape index (κ1) is 21.1. The lowest BCUT2D eigenvalue weighted by Crippen LogP contribution is -2.46. The molecule has 4 fully saturated rings. The van der Waals surface area contributed by atoms with Crippen LogP contribution in [0.1, 0.15) is 43.4 Å². The Hall–Kier alpha value is -2.22. The monoisotopic (exact) mass is 477 g/mol. The van der Waals surface area contributed by atoms with Gasteiger partial charge in [0.2, 0.25) is 0 Å². The minimum absolute atomic E-state index is 0.00673. The Morgan fingerprint density at radius 1 is 1.18 bits per heavy atom. The number of hydrogen-bond acceptors (Lipinski definition) is 6. The van der Waals surface area contributed by atoms with Crippen molar-refractivity contribution in [1.82, 2.24) is 14.5 Å². The first-order valence-electron chi connectivity index (χ1n) is 12.7. The van der Waals surface area contributed by atoms with E-state index in [9.17, 15) is 4.79 Å². The molecule has 0 radical (unpaired) electrons. The third-order valence-electron chi connectivity index (χ3n) is 9.00. The van der Waals surface area contributed by atoms with Gasteiger partial charge in [0, 0.05) is 36.1 Å². The minimum Gasteiger partial charge on any atom is -0.490 e. The molecule has 5 atom stereocenters. The second kappa shape index (κ2) is 7.90. The molecule has 6 nitrogen and oxygen atoms in total. The molecule has 2 aromatic heterocycles. The summed E-state index contributed by atoms with van der Waals surface area (Å²) in [4.78, 5) is 21.7. The van der Waals surface area contributed by atoms with Crippen LogP contribution in [0.2, 0.25) is 0 Å². The fourth-order valence-electron chi connectivity index (χ4n) is 6.92. The molecule has 1 spiro atoms. The molecule has 7 rings (SSSR count). The van der Waals surface area contributed by atoms with E-state index in [2.05, 4.69) is 23.0 Å². The van der Waals surface area contributed by atoms with Crippen molar-refractivity contribution >= 4 is 21.6 Å². The quantitative estimate of drug-likeness (QED) is 0.509. The molecule has 4 aliphatic rings. The second-order valence-corrected chi connectivity index (χ2v) is 11.8. The van der Waals surface area contributed by atoms with Crippen LogP contribution >= 0.6 is 11.3 Å². The molecule has 0 N–H and O–H groups in total. The average molecular weight is 478 g/mol. The number of rotatable bonds is 5. The summed E-state index contributed by atoms with van der Waals surface area (Å²) in [7, 11) is 2.28. The number of benzene rings is 1. The molecule has 7 heteroatoms. The molecule has 2 unspecified atom stereocenters. The Balaban J connectivity index is 1.07. The summed E-state index contributed by atoms with van der Waals surface area (Å²) in [6.07, 6.45) is 10.2. The topological polar surface area (TPSA) is 56.4 Å². The maximum Gasteiger partial charge on any atom is 0.275 e. The zero-order valence-corrected chi connectivity index (χ0v) is 20.4. The standard InChI is InChI=1S/C27H31N3O3S/c1-29-24-14-21(13-18-6-9-27(18,24)29)33-20-4-2-19(3-5-20)30-16-28-23-15-22(34-25(23)26(30)31)12-17-7-10-32-11-8-17/h2-5,15-18,21,24H,6-14H2,1H3/t18-,21+,24-,27?,29?/m1/s1. The van der Waals surface area contributed by atoms with Crippen molar-refractivity contribution in [3.8, 4) is 11.4 Å². The van der Waals surface area contributed by atoms with Gasteiger partial charge in [-0.25, -0.2) is 4.98 Å². The number of aromatic nitrogens is 2. The van der Waals surface area contributed by atoms with Gasteiger partial charge in [-0.15, -0.1) is 11.3 Å². The van der Waals surface area contributed by atoms with Crippen LogP contribution in [-0.4, -0.2) is 52.4 Å². The molecule has 3 aromatic rings.